The van der Waals surface area contributed by atoms with Gasteiger partial charge in [-0.2, -0.15) is 0 Å². The minimum atomic E-state index is -1.25. The van der Waals surface area contributed by atoms with Gasteiger partial charge in [-0.25, -0.2) is 0 Å². The van der Waals surface area contributed by atoms with Gasteiger partial charge in [0.05, 0.1) is 18.8 Å². The van der Waals surface area contributed by atoms with E-state index < -0.39 is 36.9 Å². The first kappa shape index (κ1) is 46.3. The van der Waals surface area contributed by atoms with Crippen molar-refractivity contribution in [3.05, 3.63) is 0 Å². The summed E-state index contributed by atoms with van der Waals surface area (Å²) in [5.74, 6) is 0.233. The van der Waals surface area contributed by atoms with Crippen molar-refractivity contribution in [1.29, 1.82) is 0 Å². The average Bonchev–Trinajstić information content (AvgIpc) is 3.06. The lowest BCUT2D eigenvalue weighted by Crippen LogP contribution is -2.53. The van der Waals surface area contributed by atoms with Crippen LogP contribution in [0.1, 0.15) is 220 Å². The molecule has 0 aliphatic rings. The van der Waals surface area contributed by atoms with Crippen LogP contribution in [0.4, 0.5) is 0 Å². The summed E-state index contributed by atoms with van der Waals surface area (Å²) in [6, 6.07) is -0.979. The monoisotopic (exact) mass is 670 g/mol. The van der Waals surface area contributed by atoms with Crippen LogP contribution < -0.4 is 5.32 Å². The highest BCUT2D eigenvalue weighted by Gasteiger charge is 2.28. The van der Waals surface area contributed by atoms with Gasteiger partial charge in [0, 0.05) is 0 Å². The van der Waals surface area contributed by atoms with Gasteiger partial charge in [-0.05, 0) is 18.8 Å². The molecule has 0 aromatic heterocycles. The second kappa shape index (κ2) is 35.1. The molecule has 0 radical (unpaired) electrons. The molecule has 0 aliphatic heterocycles. The zero-order valence-electron chi connectivity index (χ0n) is 31.7. The van der Waals surface area contributed by atoms with Gasteiger partial charge in [-0.15, -0.1) is 0 Å². The Morgan fingerprint density at radius 2 is 0.809 bits per heavy atom. The first-order valence-corrected chi connectivity index (χ1v) is 20.8. The maximum Gasteiger partial charge on any atom is 0.249 e. The Bertz CT molecular complexity index is 645. The molecule has 0 saturated heterocycles. The average molecular weight is 670 g/mol. The minimum Gasteiger partial charge on any atom is -0.394 e. The van der Waals surface area contributed by atoms with Gasteiger partial charge in [0.25, 0.3) is 0 Å². The first-order chi connectivity index (χ1) is 22.8. The summed E-state index contributed by atoms with van der Waals surface area (Å²) in [4.78, 5) is 12.5. The van der Waals surface area contributed by atoms with E-state index in [1.54, 1.807) is 0 Å². The third-order valence-corrected chi connectivity index (χ3v) is 10.00. The molecule has 5 N–H and O–H groups in total. The molecule has 4 atom stereocenters. The molecule has 0 aromatic rings. The zero-order valence-corrected chi connectivity index (χ0v) is 31.7. The maximum atomic E-state index is 12.5. The molecule has 0 saturated carbocycles. The van der Waals surface area contributed by atoms with Gasteiger partial charge >= 0.3 is 0 Å². The molecule has 0 rings (SSSR count). The van der Waals surface area contributed by atoms with Crippen LogP contribution in [0.15, 0.2) is 0 Å². The molecule has 6 heteroatoms. The van der Waals surface area contributed by atoms with Crippen molar-refractivity contribution in [2.75, 3.05) is 6.61 Å². The summed E-state index contributed by atoms with van der Waals surface area (Å²) in [5, 5.41) is 43.6. The molecule has 6 nitrogen and oxygen atoms in total. The van der Waals surface area contributed by atoms with Crippen LogP contribution in [0.3, 0.4) is 0 Å². The molecule has 47 heavy (non-hydrogen) atoms. The number of rotatable bonds is 37. The molecule has 0 spiro atoms. The molecule has 0 aliphatic carbocycles. The van der Waals surface area contributed by atoms with Crippen molar-refractivity contribution >= 4 is 5.91 Å². The second-order valence-corrected chi connectivity index (χ2v) is 15.2. The van der Waals surface area contributed by atoms with Crippen molar-refractivity contribution in [2.24, 2.45) is 5.92 Å². The number of aliphatic hydroxyl groups excluding tert-OH is 4. The van der Waals surface area contributed by atoms with E-state index in [1.165, 1.54) is 148 Å². The standard InChI is InChI=1S/C41H83NO5/c1-4-5-6-7-8-9-10-11-12-13-14-15-16-17-22-25-28-31-34-39(45)41(47)42-37(35-43)40(46)38(44)33-30-27-24-21-19-18-20-23-26-29-32-36(2)3/h36-40,43-46H,4-35H2,1-3H3,(H,42,47)/t37-,38+,39+,40-/m0/s1. The fourth-order valence-electron chi connectivity index (χ4n) is 6.65. The fraction of sp³-hybridized carbons (Fsp3) is 0.976. The van der Waals surface area contributed by atoms with E-state index in [1.807, 2.05) is 0 Å². The lowest BCUT2D eigenvalue weighted by Gasteiger charge is -2.27. The lowest BCUT2D eigenvalue weighted by atomic mass is 9.99. The van der Waals surface area contributed by atoms with Crippen molar-refractivity contribution < 1.29 is 25.2 Å². The molecule has 0 bridgehead atoms. The first-order valence-electron chi connectivity index (χ1n) is 20.8. The maximum absolute atomic E-state index is 12.5. The van der Waals surface area contributed by atoms with Gasteiger partial charge in [-0.3, -0.25) is 4.79 Å². The third kappa shape index (κ3) is 31.1. The normalized spacial score (nSPS) is 14.4. The highest BCUT2D eigenvalue weighted by Crippen LogP contribution is 2.17. The highest BCUT2D eigenvalue weighted by molar-refractivity contribution is 5.80. The van der Waals surface area contributed by atoms with Crippen LogP contribution in [0.2, 0.25) is 0 Å². The van der Waals surface area contributed by atoms with Crippen LogP contribution in [0.25, 0.3) is 0 Å². The van der Waals surface area contributed by atoms with E-state index >= 15 is 0 Å². The lowest BCUT2D eigenvalue weighted by molar-refractivity contribution is -0.132. The number of carbonyl (C=O) groups excluding carboxylic acids is 1. The Morgan fingerprint density at radius 3 is 1.15 bits per heavy atom. The minimum absolute atomic E-state index is 0.375. The van der Waals surface area contributed by atoms with Gasteiger partial charge in [-0.1, -0.05) is 207 Å². The van der Waals surface area contributed by atoms with E-state index in [0.717, 1.165) is 44.4 Å². The van der Waals surface area contributed by atoms with Crippen LogP contribution in [-0.2, 0) is 4.79 Å². The number of hydrogen-bond acceptors (Lipinski definition) is 5. The SMILES string of the molecule is CCCCCCCCCCCCCCCCCCCC[C@@H](O)C(=O)N[C@@H](CO)[C@H](O)[C@H](O)CCCCCCCCCCCCC(C)C. The second-order valence-electron chi connectivity index (χ2n) is 15.2. The van der Waals surface area contributed by atoms with E-state index in [2.05, 4.69) is 26.1 Å². The fourth-order valence-corrected chi connectivity index (χ4v) is 6.65. The van der Waals surface area contributed by atoms with E-state index in [-0.39, 0.29) is 0 Å². The summed E-state index contributed by atoms with van der Waals surface area (Å²) >= 11 is 0. The van der Waals surface area contributed by atoms with Crippen molar-refractivity contribution in [2.45, 2.75) is 244 Å². The molecule has 0 aromatic carbocycles. The number of amides is 1. The molecule has 0 unspecified atom stereocenters. The van der Waals surface area contributed by atoms with E-state index in [9.17, 15) is 25.2 Å². The third-order valence-electron chi connectivity index (χ3n) is 10.00. The van der Waals surface area contributed by atoms with Crippen molar-refractivity contribution in [1.82, 2.24) is 5.32 Å². The van der Waals surface area contributed by atoms with E-state index in [0.29, 0.717) is 12.8 Å². The van der Waals surface area contributed by atoms with Crippen LogP contribution in [0.5, 0.6) is 0 Å². The largest absolute Gasteiger partial charge is 0.394 e. The van der Waals surface area contributed by atoms with Crippen molar-refractivity contribution in [3.8, 4) is 0 Å². The summed E-state index contributed by atoms with van der Waals surface area (Å²) in [6.07, 6.45) is 34.2. The number of aliphatic hydroxyl groups is 4. The number of carbonyl (C=O) groups is 1. The molecular weight excluding hydrogens is 586 g/mol. The predicted octanol–water partition coefficient (Wildman–Crippen LogP) is 10.3. The summed E-state index contributed by atoms with van der Waals surface area (Å²) in [5.41, 5.74) is 0. The van der Waals surface area contributed by atoms with E-state index in [4.69, 9.17) is 0 Å². The Labute approximate surface area is 292 Å². The molecule has 1 amide bonds. The number of unbranched alkanes of at least 4 members (excludes halogenated alkanes) is 26. The van der Waals surface area contributed by atoms with Gasteiger partial charge in [0.15, 0.2) is 0 Å². The summed E-state index contributed by atoms with van der Waals surface area (Å²) in [7, 11) is 0. The van der Waals surface area contributed by atoms with Crippen LogP contribution in [0, 0.1) is 5.92 Å². The van der Waals surface area contributed by atoms with Crippen LogP contribution >= 0.6 is 0 Å². The topological polar surface area (TPSA) is 110 Å². The molecule has 0 heterocycles. The van der Waals surface area contributed by atoms with Crippen molar-refractivity contribution in [3.63, 3.8) is 0 Å². The van der Waals surface area contributed by atoms with Gasteiger partial charge in [0.2, 0.25) is 5.91 Å². The van der Waals surface area contributed by atoms with Gasteiger partial charge < -0.3 is 25.7 Å². The summed E-state index contributed by atoms with van der Waals surface area (Å²) < 4.78 is 0. The zero-order chi connectivity index (χ0) is 34.8. The Hall–Kier alpha value is -0.690. The molecule has 0 fully saturated rings. The van der Waals surface area contributed by atoms with Crippen LogP contribution in [-0.4, -0.2) is 57.3 Å². The predicted molar refractivity (Wildman–Crippen MR) is 201 cm³/mol. The Kier molecular flexibility index (Phi) is 34.6. The summed E-state index contributed by atoms with van der Waals surface area (Å²) in [6.45, 7) is 6.38. The highest BCUT2D eigenvalue weighted by atomic mass is 16.3. The molecule has 282 valence electrons. The Morgan fingerprint density at radius 1 is 0.489 bits per heavy atom. The number of hydrogen-bond donors (Lipinski definition) is 5. The smallest absolute Gasteiger partial charge is 0.249 e. The number of nitrogens with one attached hydrogen (secondary N) is 1. The molecular formula is C41H83NO5. The quantitative estimate of drug-likeness (QED) is 0.0423. The Balaban J connectivity index is 3.72. The van der Waals surface area contributed by atoms with Gasteiger partial charge in [0.1, 0.15) is 12.2 Å².